The largest absolute Gasteiger partial charge is 0.481 e. The lowest BCUT2D eigenvalue weighted by atomic mass is 9.88. The molecule has 2 unspecified atom stereocenters. The van der Waals surface area contributed by atoms with Gasteiger partial charge in [0.15, 0.2) is 0 Å². The zero-order valence-electron chi connectivity index (χ0n) is 14.1. The van der Waals surface area contributed by atoms with Crippen molar-refractivity contribution < 1.29 is 32.6 Å². The van der Waals surface area contributed by atoms with E-state index >= 15 is 0 Å². The van der Waals surface area contributed by atoms with Crippen LogP contribution < -0.4 is 0 Å². The summed E-state index contributed by atoms with van der Waals surface area (Å²) >= 11 is 0. The minimum absolute atomic E-state index is 0.0457. The van der Waals surface area contributed by atoms with Crippen LogP contribution in [0.4, 0.5) is 18.0 Å². The molecule has 0 bridgehead atoms. The van der Waals surface area contributed by atoms with Gasteiger partial charge in [0, 0.05) is 19.0 Å². The van der Waals surface area contributed by atoms with Gasteiger partial charge in [0.1, 0.15) is 5.60 Å². The van der Waals surface area contributed by atoms with Gasteiger partial charge in [0.05, 0.1) is 11.5 Å². The van der Waals surface area contributed by atoms with Crippen LogP contribution in [-0.2, 0) is 15.7 Å². The summed E-state index contributed by atoms with van der Waals surface area (Å²) in [5.74, 6) is -2.59. The summed E-state index contributed by atoms with van der Waals surface area (Å²) in [5.41, 5.74) is -1.07. The molecule has 8 heteroatoms. The molecule has 138 valence electrons. The van der Waals surface area contributed by atoms with Gasteiger partial charge in [-0.3, -0.25) is 4.79 Å². The van der Waals surface area contributed by atoms with Crippen LogP contribution in [0.1, 0.15) is 37.8 Å². The van der Waals surface area contributed by atoms with Crippen LogP contribution in [0.5, 0.6) is 0 Å². The first-order chi connectivity index (χ1) is 11.4. The molecule has 25 heavy (non-hydrogen) atoms. The number of amides is 1. The number of halogens is 3. The van der Waals surface area contributed by atoms with Crippen LogP contribution >= 0.6 is 0 Å². The van der Waals surface area contributed by atoms with Gasteiger partial charge in [-0.2, -0.15) is 13.2 Å². The maximum atomic E-state index is 12.7. The summed E-state index contributed by atoms with van der Waals surface area (Å²) in [6, 6.07) is 4.37. The summed E-state index contributed by atoms with van der Waals surface area (Å²) in [6.07, 6.45) is -5.09. The maximum absolute atomic E-state index is 12.7. The molecule has 1 aliphatic heterocycles. The van der Waals surface area contributed by atoms with Gasteiger partial charge in [-0.15, -0.1) is 0 Å². The lowest BCUT2D eigenvalue weighted by Crippen LogP contribution is -2.35. The van der Waals surface area contributed by atoms with Gasteiger partial charge in [0.25, 0.3) is 0 Å². The smallest absolute Gasteiger partial charge is 0.416 e. The monoisotopic (exact) mass is 359 g/mol. The van der Waals surface area contributed by atoms with E-state index < -0.39 is 41.2 Å². The van der Waals surface area contributed by atoms with Gasteiger partial charge in [0.2, 0.25) is 0 Å². The number of alkyl halides is 3. The van der Waals surface area contributed by atoms with E-state index in [1.165, 1.54) is 17.0 Å². The molecule has 0 spiro atoms. The van der Waals surface area contributed by atoms with Crippen molar-refractivity contribution in [3.63, 3.8) is 0 Å². The van der Waals surface area contributed by atoms with Gasteiger partial charge in [-0.05, 0) is 38.5 Å². The molecule has 1 aromatic rings. The van der Waals surface area contributed by atoms with Gasteiger partial charge >= 0.3 is 18.2 Å². The normalized spacial score (nSPS) is 21.3. The highest BCUT2D eigenvalue weighted by Crippen LogP contribution is 2.36. The highest BCUT2D eigenvalue weighted by atomic mass is 19.4. The lowest BCUT2D eigenvalue weighted by Gasteiger charge is -2.24. The fourth-order valence-electron chi connectivity index (χ4n) is 2.79. The summed E-state index contributed by atoms with van der Waals surface area (Å²) in [7, 11) is 0. The number of carboxylic acids is 1. The molecule has 2 atom stereocenters. The first-order valence-electron chi connectivity index (χ1n) is 7.76. The van der Waals surface area contributed by atoms with Crippen molar-refractivity contribution in [3.05, 3.63) is 35.4 Å². The number of carbonyl (C=O) groups excluding carboxylic acids is 1. The van der Waals surface area contributed by atoms with E-state index in [1.54, 1.807) is 20.8 Å². The molecular weight excluding hydrogens is 339 g/mol. The number of carboxylic acid groups (broad SMARTS) is 1. The van der Waals surface area contributed by atoms with Gasteiger partial charge in [-0.25, -0.2) is 4.79 Å². The molecule has 1 aromatic carbocycles. The van der Waals surface area contributed by atoms with E-state index in [4.69, 9.17) is 4.74 Å². The Morgan fingerprint density at radius 1 is 1.12 bits per heavy atom. The molecule has 5 nitrogen and oxygen atoms in total. The molecular formula is C17H20F3NO4. The minimum atomic E-state index is -4.46. The predicted octanol–water partition coefficient (Wildman–Crippen LogP) is 3.74. The Hall–Kier alpha value is -2.25. The molecule has 1 aliphatic rings. The Balaban J connectivity index is 2.21. The highest BCUT2D eigenvalue weighted by Gasteiger charge is 2.42. The average Bonchev–Trinajstić information content (AvgIpc) is 2.90. The molecule has 1 fully saturated rings. The fraction of sp³-hybridized carbons (Fsp3) is 0.529. The van der Waals surface area contributed by atoms with Crippen LogP contribution in [-0.4, -0.2) is 40.8 Å². The van der Waals surface area contributed by atoms with Crippen LogP contribution in [0.15, 0.2) is 24.3 Å². The van der Waals surface area contributed by atoms with E-state index in [9.17, 15) is 27.9 Å². The van der Waals surface area contributed by atoms with Crippen LogP contribution in [0, 0.1) is 5.92 Å². The van der Waals surface area contributed by atoms with Crippen molar-refractivity contribution in [3.8, 4) is 0 Å². The first-order valence-corrected chi connectivity index (χ1v) is 7.76. The van der Waals surface area contributed by atoms with Gasteiger partial charge < -0.3 is 14.7 Å². The SMILES string of the molecule is CC(C)(C)OC(=O)N1CC(C(=O)O)C(c2ccc(C(F)(F)F)cc2)C1. The number of hydrogen-bond donors (Lipinski definition) is 1. The second kappa shape index (κ2) is 6.57. The number of rotatable bonds is 2. The minimum Gasteiger partial charge on any atom is -0.481 e. The Morgan fingerprint density at radius 3 is 2.12 bits per heavy atom. The van der Waals surface area contributed by atoms with Crippen LogP contribution in [0.3, 0.4) is 0 Å². The molecule has 0 radical (unpaired) electrons. The molecule has 1 amide bonds. The number of benzene rings is 1. The van der Waals surface area contributed by atoms with E-state index in [1.807, 2.05) is 0 Å². The third-order valence-electron chi connectivity index (χ3n) is 3.95. The summed E-state index contributed by atoms with van der Waals surface area (Å²) in [6.45, 7) is 5.13. The van der Waals surface area contributed by atoms with Crippen molar-refractivity contribution in [2.75, 3.05) is 13.1 Å². The Kier molecular flexibility index (Phi) is 5.02. The summed E-state index contributed by atoms with van der Waals surface area (Å²) in [5, 5.41) is 9.40. The standard InChI is InChI=1S/C17H20F3NO4/c1-16(2,3)25-15(24)21-8-12(13(9-21)14(22)23)10-4-6-11(7-5-10)17(18,19)20/h4-7,12-13H,8-9H2,1-3H3,(H,22,23). The Labute approximate surface area is 143 Å². The fourth-order valence-corrected chi connectivity index (χ4v) is 2.79. The van der Waals surface area contributed by atoms with Crippen molar-refractivity contribution in [1.82, 2.24) is 4.90 Å². The molecule has 0 aromatic heterocycles. The molecule has 0 saturated carbocycles. The number of nitrogens with zero attached hydrogens (tertiary/aromatic N) is 1. The number of likely N-dealkylation sites (tertiary alicyclic amines) is 1. The number of carbonyl (C=O) groups is 2. The third kappa shape index (κ3) is 4.64. The Bertz CT molecular complexity index is 649. The van der Waals surface area contributed by atoms with Crippen molar-refractivity contribution in [1.29, 1.82) is 0 Å². The third-order valence-corrected chi connectivity index (χ3v) is 3.95. The molecule has 1 heterocycles. The zero-order chi connectivity index (χ0) is 19.0. The van der Waals surface area contributed by atoms with E-state index in [0.717, 1.165) is 12.1 Å². The van der Waals surface area contributed by atoms with Crippen molar-refractivity contribution in [2.24, 2.45) is 5.92 Å². The number of ether oxygens (including phenoxy) is 1. The van der Waals surface area contributed by atoms with Crippen molar-refractivity contribution >= 4 is 12.1 Å². The van der Waals surface area contributed by atoms with Crippen LogP contribution in [0.25, 0.3) is 0 Å². The van der Waals surface area contributed by atoms with Crippen LogP contribution in [0.2, 0.25) is 0 Å². The molecule has 1 saturated heterocycles. The molecule has 0 aliphatic carbocycles. The molecule has 1 N–H and O–H groups in total. The Morgan fingerprint density at radius 2 is 1.68 bits per heavy atom. The quantitative estimate of drug-likeness (QED) is 0.874. The second-order valence-electron chi connectivity index (χ2n) is 7.06. The van der Waals surface area contributed by atoms with Crippen molar-refractivity contribution in [2.45, 2.75) is 38.5 Å². The molecule has 2 rings (SSSR count). The predicted molar refractivity (Wildman–Crippen MR) is 83.1 cm³/mol. The first kappa shape index (κ1) is 19.1. The second-order valence-corrected chi connectivity index (χ2v) is 7.06. The summed E-state index contributed by atoms with van der Waals surface area (Å²) in [4.78, 5) is 24.9. The topological polar surface area (TPSA) is 66.8 Å². The average molecular weight is 359 g/mol. The summed E-state index contributed by atoms with van der Waals surface area (Å²) < 4.78 is 43.2. The lowest BCUT2D eigenvalue weighted by molar-refractivity contribution is -0.141. The maximum Gasteiger partial charge on any atom is 0.416 e. The van der Waals surface area contributed by atoms with E-state index in [2.05, 4.69) is 0 Å². The zero-order valence-corrected chi connectivity index (χ0v) is 14.1. The number of hydrogen-bond acceptors (Lipinski definition) is 3. The van der Waals surface area contributed by atoms with E-state index in [0.29, 0.717) is 5.56 Å². The highest BCUT2D eigenvalue weighted by molar-refractivity contribution is 5.76. The van der Waals surface area contributed by atoms with E-state index in [-0.39, 0.29) is 13.1 Å². The van der Waals surface area contributed by atoms with Gasteiger partial charge in [-0.1, -0.05) is 12.1 Å². The number of aliphatic carboxylic acids is 1.